The van der Waals surface area contributed by atoms with Crippen LogP contribution in [0.2, 0.25) is 0 Å². The maximum atomic E-state index is 13.8. The number of halogens is 1. The molecule has 1 aromatic heterocycles. The fourth-order valence-corrected chi connectivity index (χ4v) is 2.86. The third kappa shape index (κ3) is 2.73. The Labute approximate surface area is 105 Å². The highest BCUT2D eigenvalue weighted by Gasteiger charge is 2.17. The van der Waals surface area contributed by atoms with Crippen LogP contribution in [0.5, 0.6) is 0 Å². The van der Waals surface area contributed by atoms with Gasteiger partial charge in [-0.15, -0.1) is 11.3 Å². The minimum absolute atomic E-state index is 0.0418. The van der Waals surface area contributed by atoms with Crippen LogP contribution in [0.25, 0.3) is 0 Å². The second kappa shape index (κ2) is 5.43. The quantitative estimate of drug-likeness (QED) is 0.866. The molecule has 2 aromatic rings. The van der Waals surface area contributed by atoms with Crippen molar-refractivity contribution in [2.45, 2.75) is 19.9 Å². The van der Waals surface area contributed by atoms with E-state index in [-0.39, 0.29) is 11.9 Å². The number of thiophene rings is 1. The minimum Gasteiger partial charge on any atom is -0.306 e. The fourth-order valence-electron chi connectivity index (χ4n) is 1.89. The van der Waals surface area contributed by atoms with Crippen molar-refractivity contribution < 1.29 is 4.39 Å². The SMILES string of the molecule is CCNC(c1ccc(C)s1)c1ccccc1F. The highest BCUT2D eigenvalue weighted by atomic mass is 32.1. The van der Waals surface area contributed by atoms with Crippen molar-refractivity contribution in [2.24, 2.45) is 0 Å². The summed E-state index contributed by atoms with van der Waals surface area (Å²) < 4.78 is 13.8. The summed E-state index contributed by atoms with van der Waals surface area (Å²) in [4.78, 5) is 2.41. The van der Waals surface area contributed by atoms with Crippen molar-refractivity contribution in [1.82, 2.24) is 5.32 Å². The number of benzene rings is 1. The molecule has 0 fully saturated rings. The van der Waals surface area contributed by atoms with E-state index in [1.807, 2.05) is 19.1 Å². The van der Waals surface area contributed by atoms with Crippen LogP contribution >= 0.6 is 11.3 Å². The number of rotatable bonds is 4. The molecular weight excluding hydrogens is 233 g/mol. The average Bonchev–Trinajstić information content (AvgIpc) is 2.74. The van der Waals surface area contributed by atoms with Crippen LogP contribution in [0.4, 0.5) is 4.39 Å². The van der Waals surface area contributed by atoms with E-state index in [1.165, 1.54) is 10.9 Å². The Morgan fingerprint density at radius 1 is 1.24 bits per heavy atom. The van der Waals surface area contributed by atoms with E-state index in [0.717, 1.165) is 17.0 Å². The molecule has 0 amide bonds. The van der Waals surface area contributed by atoms with Gasteiger partial charge in [0.2, 0.25) is 0 Å². The van der Waals surface area contributed by atoms with E-state index in [4.69, 9.17) is 0 Å². The second-order valence-corrected chi connectivity index (χ2v) is 5.28. The standard InChI is InChI=1S/C14H16FNS/c1-3-16-14(13-9-8-10(2)17-13)11-6-4-5-7-12(11)15/h4-9,14,16H,3H2,1-2H3. The first kappa shape index (κ1) is 12.3. The van der Waals surface area contributed by atoms with Crippen molar-refractivity contribution in [3.8, 4) is 0 Å². The van der Waals surface area contributed by atoms with Gasteiger partial charge >= 0.3 is 0 Å². The second-order valence-electron chi connectivity index (χ2n) is 3.96. The summed E-state index contributed by atoms with van der Waals surface area (Å²) in [6.07, 6.45) is 0. The van der Waals surface area contributed by atoms with Crippen LogP contribution in [0, 0.1) is 12.7 Å². The summed E-state index contributed by atoms with van der Waals surface area (Å²) in [6.45, 7) is 4.92. The van der Waals surface area contributed by atoms with Gasteiger partial charge < -0.3 is 5.32 Å². The highest BCUT2D eigenvalue weighted by molar-refractivity contribution is 7.12. The van der Waals surface area contributed by atoms with Gasteiger partial charge in [0.1, 0.15) is 5.82 Å². The molecule has 1 aromatic carbocycles. The molecule has 1 nitrogen and oxygen atoms in total. The lowest BCUT2D eigenvalue weighted by molar-refractivity contribution is 0.563. The molecular formula is C14H16FNS. The summed E-state index contributed by atoms with van der Waals surface area (Å²) in [5.41, 5.74) is 0.719. The molecule has 1 unspecified atom stereocenters. The molecule has 17 heavy (non-hydrogen) atoms. The van der Waals surface area contributed by atoms with E-state index in [2.05, 4.69) is 24.4 Å². The number of hydrogen-bond acceptors (Lipinski definition) is 2. The smallest absolute Gasteiger partial charge is 0.128 e. The van der Waals surface area contributed by atoms with Gasteiger partial charge in [-0.3, -0.25) is 0 Å². The molecule has 1 N–H and O–H groups in total. The van der Waals surface area contributed by atoms with Crippen LogP contribution in [0.3, 0.4) is 0 Å². The lowest BCUT2D eigenvalue weighted by Crippen LogP contribution is -2.22. The molecule has 0 bridgehead atoms. The van der Waals surface area contributed by atoms with Crippen LogP contribution in [0.15, 0.2) is 36.4 Å². The maximum absolute atomic E-state index is 13.8. The van der Waals surface area contributed by atoms with Crippen LogP contribution in [-0.2, 0) is 0 Å². The summed E-state index contributed by atoms with van der Waals surface area (Å²) in [5.74, 6) is -0.149. The predicted octanol–water partition coefficient (Wildman–Crippen LogP) is 3.89. The Morgan fingerprint density at radius 2 is 2.00 bits per heavy atom. The first-order valence-electron chi connectivity index (χ1n) is 5.76. The lowest BCUT2D eigenvalue weighted by Gasteiger charge is -2.17. The molecule has 0 spiro atoms. The van der Waals surface area contributed by atoms with Gasteiger partial charge in [-0.1, -0.05) is 25.1 Å². The average molecular weight is 249 g/mol. The molecule has 90 valence electrons. The van der Waals surface area contributed by atoms with Crippen molar-refractivity contribution >= 4 is 11.3 Å². The normalized spacial score (nSPS) is 12.6. The van der Waals surface area contributed by atoms with Crippen molar-refractivity contribution in [1.29, 1.82) is 0 Å². The molecule has 0 aliphatic rings. The van der Waals surface area contributed by atoms with Crippen LogP contribution < -0.4 is 5.32 Å². The zero-order valence-corrected chi connectivity index (χ0v) is 10.9. The van der Waals surface area contributed by atoms with Crippen LogP contribution in [0.1, 0.15) is 28.3 Å². The monoisotopic (exact) mass is 249 g/mol. The Bertz CT molecular complexity index is 492. The van der Waals surface area contributed by atoms with E-state index < -0.39 is 0 Å². The third-order valence-electron chi connectivity index (χ3n) is 2.67. The fraction of sp³-hybridized carbons (Fsp3) is 0.286. The Balaban J connectivity index is 2.39. The van der Waals surface area contributed by atoms with Gasteiger partial charge in [0.05, 0.1) is 6.04 Å². The first-order valence-corrected chi connectivity index (χ1v) is 6.58. The number of aryl methyl sites for hydroxylation is 1. The van der Waals surface area contributed by atoms with Gasteiger partial charge in [-0.25, -0.2) is 4.39 Å². The van der Waals surface area contributed by atoms with Crippen molar-refractivity contribution in [3.63, 3.8) is 0 Å². The summed E-state index contributed by atoms with van der Waals surface area (Å²) in [7, 11) is 0. The van der Waals surface area contributed by atoms with Crippen molar-refractivity contribution in [3.05, 3.63) is 57.5 Å². The summed E-state index contributed by atoms with van der Waals surface area (Å²) >= 11 is 1.71. The molecule has 0 saturated heterocycles. The Morgan fingerprint density at radius 3 is 2.59 bits per heavy atom. The molecule has 0 aliphatic carbocycles. The van der Waals surface area contributed by atoms with Gasteiger partial charge in [0, 0.05) is 15.3 Å². The number of hydrogen-bond donors (Lipinski definition) is 1. The Kier molecular flexibility index (Phi) is 3.92. The molecule has 1 atom stereocenters. The molecule has 0 aliphatic heterocycles. The first-order chi connectivity index (χ1) is 8.22. The molecule has 0 saturated carbocycles. The third-order valence-corrected chi connectivity index (χ3v) is 3.74. The zero-order valence-electron chi connectivity index (χ0n) is 10.0. The summed E-state index contributed by atoms with van der Waals surface area (Å²) in [5, 5.41) is 3.34. The molecule has 1 heterocycles. The van der Waals surface area contributed by atoms with Gasteiger partial charge in [0.25, 0.3) is 0 Å². The molecule has 2 rings (SSSR count). The van der Waals surface area contributed by atoms with E-state index >= 15 is 0 Å². The van der Waals surface area contributed by atoms with E-state index in [0.29, 0.717) is 0 Å². The maximum Gasteiger partial charge on any atom is 0.128 e. The van der Waals surface area contributed by atoms with Crippen molar-refractivity contribution in [2.75, 3.05) is 6.54 Å². The largest absolute Gasteiger partial charge is 0.306 e. The van der Waals surface area contributed by atoms with Gasteiger partial charge in [-0.05, 0) is 31.7 Å². The number of nitrogens with one attached hydrogen (secondary N) is 1. The van der Waals surface area contributed by atoms with Gasteiger partial charge in [0.15, 0.2) is 0 Å². The predicted molar refractivity (Wildman–Crippen MR) is 71.0 cm³/mol. The topological polar surface area (TPSA) is 12.0 Å². The van der Waals surface area contributed by atoms with E-state index in [9.17, 15) is 4.39 Å². The summed E-state index contributed by atoms with van der Waals surface area (Å²) in [6, 6.07) is 11.1. The molecule has 0 radical (unpaired) electrons. The van der Waals surface area contributed by atoms with Crippen LogP contribution in [-0.4, -0.2) is 6.54 Å². The highest BCUT2D eigenvalue weighted by Crippen LogP contribution is 2.29. The van der Waals surface area contributed by atoms with Gasteiger partial charge in [-0.2, -0.15) is 0 Å². The lowest BCUT2D eigenvalue weighted by atomic mass is 10.0. The zero-order chi connectivity index (χ0) is 12.3. The Hall–Kier alpha value is -1.19. The molecule has 3 heteroatoms. The minimum atomic E-state index is -0.149. The van der Waals surface area contributed by atoms with E-state index in [1.54, 1.807) is 17.4 Å².